The number of halogens is 1. The molecule has 1 amide bonds. The normalized spacial score (nSPS) is 13.7. The molecule has 2 aromatic heterocycles. The zero-order chi connectivity index (χ0) is 18.8. The van der Waals surface area contributed by atoms with Gasteiger partial charge < -0.3 is 15.0 Å². The number of aryl methyl sites for hydroxylation is 1. The van der Waals surface area contributed by atoms with Crippen LogP contribution in [0.4, 0.5) is 15.3 Å². The van der Waals surface area contributed by atoms with Crippen LogP contribution in [0.25, 0.3) is 0 Å². The highest BCUT2D eigenvalue weighted by Gasteiger charge is 2.23. The van der Waals surface area contributed by atoms with Crippen molar-refractivity contribution in [1.82, 2.24) is 14.9 Å². The molecule has 27 heavy (non-hydrogen) atoms. The van der Waals surface area contributed by atoms with Gasteiger partial charge in [-0.25, -0.2) is 14.4 Å². The zero-order valence-corrected chi connectivity index (χ0v) is 15.4. The minimum atomic E-state index is -0.301. The monoisotopic (exact) mass is 384 g/mol. The van der Waals surface area contributed by atoms with Gasteiger partial charge in [-0.3, -0.25) is 4.79 Å². The molecule has 3 aromatic rings. The van der Waals surface area contributed by atoms with Gasteiger partial charge in [0.05, 0.1) is 12.2 Å². The Morgan fingerprint density at radius 2 is 2.04 bits per heavy atom. The van der Waals surface area contributed by atoms with Crippen LogP contribution in [0.3, 0.4) is 0 Å². The maximum Gasteiger partial charge on any atom is 0.261 e. The maximum absolute atomic E-state index is 13.1. The highest BCUT2D eigenvalue weighted by molar-refractivity contribution is 7.13. The van der Waals surface area contributed by atoms with Crippen molar-refractivity contribution >= 4 is 28.2 Å². The number of anilines is 2. The van der Waals surface area contributed by atoms with E-state index in [-0.39, 0.29) is 18.3 Å². The third-order valence-corrected chi connectivity index (χ3v) is 4.99. The lowest BCUT2D eigenvalue weighted by Gasteiger charge is -2.19. The van der Waals surface area contributed by atoms with Gasteiger partial charge in [0.2, 0.25) is 0 Å². The minimum absolute atomic E-state index is 0.0473. The first-order valence-corrected chi connectivity index (χ1v) is 9.29. The number of nitrogens with one attached hydrogen (secondary N) is 1. The van der Waals surface area contributed by atoms with Crippen molar-refractivity contribution in [2.24, 2.45) is 0 Å². The van der Waals surface area contributed by atoms with Gasteiger partial charge >= 0.3 is 0 Å². The van der Waals surface area contributed by atoms with Crippen LogP contribution in [0.5, 0.6) is 5.75 Å². The summed E-state index contributed by atoms with van der Waals surface area (Å²) in [6.07, 6.45) is 0. The molecule has 0 saturated carbocycles. The number of thiazole rings is 1. The van der Waals surface area contributed by atoms with E-state index in [1.54, 1.807) is 29.2 Å². The fourth-order valence-electron chi connectivity index (χ4n) is 2.78. The Kier molecular flexibility index (Phi) is 4.72. The van der Waals surface area contributed by atoms with E-state index < -0.39 is 0 Å². The molecule has 1 aliphatic rings. The number of rotatable bonds is 4. The van der Waals surface area contributed by atoms with Crippen molar-refractivity contribution in [3.05, 3.63) is 64.5 Å². The largest absolute Gasteiger partial charge is 0.482 e. The van der Waals surface area contributed by atoms with E-state index in [9.17, 15) is 9.18 Å². The summed E-state index contributed by atoms with van der Waals surface area (Å²) in [7, 11) is 0. The molecule has 8 heteroatoms. The number of hydrogen-bond acceptors (Lipinski definition) is 6. The second-order valence-corrected chi connectivity index (χ2v) is 7.08. The number of fused-ring (bicyclic) bond motifs is 1. The number of amides is 1. The van der Waals surface area contributed by atoms with E-state index in [4.69, 9.17) is 4.74 Å². The van der Waals surface area contributed by atoms with Crippen molar-refractivity contribution in [3.8, 4) is 5.75 Å². The lowest BCUT2D eigenvalue weighted by atomic mass is 10.2. The van der Waals surface area contributed by atoms with Crippen LogP contribution in [0.2, 0.25) is 0 Å². The first-order valence-electron chi connectivity index (χ1n) is 8.41. The minimum Gasteiger partial charge on any atom is -0.482 e. The summed E-state index contributed by atoms with van der Waals surface area (Å²) in [6.45, 7) is 2.57. The summed E-state index contributed by atoms with van der Waals surface area (Å²) in [4.78, 5) is 23.0. The lowest BCUT2D eigenvalue weighted by molar-refractivity contribution is -0.133. The average molecular weight is 384 g/mol. The van der Waals surface area contributed by atoms with E-state index in [0.717, 1.165) is 16.4 Å². The van der Waals surface area contributed by atoms with E-state index in [2.05, 4.69) is 15.3 Å². The molecule has 3 heterocycles. The predicted octanol–water partition coefficient (Wildman–Crippen LogP) is 3.65. The molecule has 6 nitrogen and oxygen atoms in total. The Hall–Kier alpha value is -3.00. The first kappa shape index (κ1) is 17.4. The topological polar surface area (TPSA) is 67.4 Å². The Bertz CT molecular complexity index is 974. The molecule has 4 rings (SSSR count). The van der Waals surface area contributed by atoms with Crippen LogP contribution in [-0.2, 0) is 17.9 Å². The summed E-state index contributed by atoms with van der Waals surface area (Å²) >= 11 is 1.50. The number of carbonyl (C=O) groups excluding carboxylic acids is 1. The van der Waals surface area contributed by atoms with Crippen LogP contribution in [-0.4, -0.2) is 27.4 Å². The van der Waals surface area contributed by atoms with Crippen LogP contribution in [0, 0.1) is 12.7 Å². The smallest absolute Gasteiger partial charge is 0.261 e. The molecule has 1 N–H and O–H groups in total. The fourth-order valence-corrected chi connectivity index (χ4v) is 3.47. The molecule has 0 bridgehead atoms. The third kappa shape index (κ3) is 4.06. The SMILES string of the molecule is Cc1csc(Nc2ccc3c(n2)CN(Cc2ccc(F)cc2)C(=O)CO3)n1. The zero-order valence-electron chi connectivity index (χ0n) is 14.6. The van der Waals surface area contributed by atoms with Crippen molar-refractivity contribution in [2.75, 3.05) is 11.9 Å². The molecule has 0 radical (unpaired) electrons. The molecule has 0 saturated heterocycles. The molecule has 138 valence electrons. The Morgan fingerprint density at radius 1 is 1.22 bits per heavy atom. The standard InChI is InChI=1S/C19H17FN4O2S/c1-12-11-27-19(21-12)23-17-7-6-16-15(22-17)9-24(18(25)10-26-16)8-13-2-4-14(20)5-3-13/h2-7,11H,8-10H2,1H3,(H,21,22,23). The molecular weight excluding hydrogens is 367 g/mol. The highest BCUT2D eigenvalue weighted by Crippen LogP contribution is 2.27. The van der Waals surface area contributed by atoms with Crippen LogP contribution >= 0.6 is 11.3 Å². The van der Waals surface area contributed by atoms with E-state index in [1.807, 2.05) is 12.3 Å². The fraction of sp³-hybridized carbons (Fsp3) is 0.211. The number of carbonyl (C=O) groups is 1. The van der Waals surface area contributed by atoms with Gasteiger partial charge in [0.25, 0.3) is 5.91 Å². The molecule has 0 unspecified atom stereocenters. The summed E-state index contributed by atoms with van der Waals surface area (Å²) in [5.41, 5.74) is 2.46. The number of nitrogens with zero attached hydrogens (tertiary/aromatic N) is 3. The van der Waals surface area contributed by atoms with Crippen LogP contribution in [0.1, 0.15) is 17.0 Å². The number of ether oxygens (including phenoxy) is 1. The van der Waals surface area contributed by atoms with E-state index in [0.29, 0.717) is 30.4 Å². The maximum atomic E-state index is 13.1. The van der Waals surface area contributed by atoms with Crippen LogP contribution in [0.15, 0.2) is 41.8 Å². The quantitative estimate of drug-likeness (QED) is 0.744. The van der Waals surface area contributed by atoms with E-state index in [1.165, 1.54) is 23.5 Å². The molecule has 0 atom stereocenters. The Labute approximate surface area is 159 Å². The number of benzene rings is 1. The second kappa shape index (κ2) is 7.32. The van der Waals surface area contributed by atoms with Crippen LogP contribution < -0.4 is 10.1 Å². The highest BCUT2D eigenvalue weighted by atomic mass is 32.1. The van der Waals surface area contributed by atoms with Gasteiger partial charge in [0, 0.05) is 11.9 Å². The van der Waals surface area contributed by atoms with Gasteiger partial charge in [-0.2, -0.15) is 0 Å². The van der Waals surface area contributed by atoms with Gasteiger partial charge in [-0.05, 0) is 36.8 Å². The van der Waals surface area contributed by atoms with Gasteiger partial charge in [-0.1, -0.05) is 12.1 Å². The van der Waals surface area contributed by atoms with Crippen molar-refractivity contribution in [3.63, 3.8) is 0 Å². The third-order valence-electron chi connectivity index (χ3n) is 4.12. The van der Waals surface area contributed by atoms with Crippen molar-refractivity contribution in [1.29, 1.82) is 0 Å². The van der Waals surface area contributed by atoms with E-state index >= 15 is 0 Å². The first-order chi connectivity index (χ1) is 13.1. The average Bonchev–Trinajstić information content (AvgIpc) is 2.99. The molecule has 1 aromatic carbocycles. The number of aromatic nitrogens is 2. The van der Waals surface area contributed by atoms with Crippen molar-refractivity contribution in [2.45, 2.75) is 20.0 Å². The number of pyridine rings is 1. The van der Waals surface area contributed by atoms with Crippen molar-refractivity contribution < 1.29 is 13.9 Å². The summed E-state index contributed by atoms with van der Waals surface area (Å²) < 4.78 is 18.7. The molecule has 0 spiro atoms. The molecule has 0 aliphatic carbocycles. The Morgan fingerprint density at radius 3 is 2.78 bits per heavy atom. The Balaban J connectivity index is 1.55. The molecule has 1 aliphatic heterocycles. The molecule has 0 fully saturated rings. The summed E-state index contributed by atoms with van der Waals surface area (Å²) in [5.74, 6) is 0.792. The summed E-state index contributed by atoms with van der Waals surface area (Å²) in [6, 6.07) is 9.73. The number of hydrogen-bond donors (Lipinski definition) is 1. The lowest BCUT2D eigenvalue weighted by Crippen LogP contribution is -2.32. The molecular formula is C19H17FN4O2S. The van der Waals surface area contributed by atoms with Gasteiger partial charge in [-0.15, -0.1) is 11.3 Å². The summed E-state index contributed by atoms with van der Waals surface area (Å²) in [5, 5.41) is 5.89. The van der Waals surface area contributed by atoms with Gasteiger partial charge in [0.15, 0.2) is 11.7 Å². The van der Waals surface area contributed by atoms with Gasteiger partial charge in [0.1, 0.15) is 23.1 Å². The second-order valence-electron chi connectivity index (χ2n) is 6.23. The predicted molar refractivity (Wildman–Crippen MR) is 101 cm³/mol.